The van der Waals surface area contributed by atoms with Gasteiger partial charge in [-0.1, -0.05) is 18.6 Å². The Hall–Kier alpha value is -3.35. The average molecular weight is 376 g/mol. The molecule has 0 saturated heterocycles. The molecule has 1 amide bonds. The molecule has 28 heavy (non-hydrogen) atoms. The molecule has 142 valence electrons. The standard InChI is InChI=1S/C21H20N4O3/c26-20(13-8-9-18-17(11-13)25-21(27)28-18)22-14-5-3-4-12(10-14)19-23-15-6-1-2-7-16(15)24-19/h1-2,6-9,11-12,14H,3-5,10H2,(H,22,26)(H,23,24)(H,25,27)/t12-,14+/m0/s1. The minimum atomic E-state index is -0.520. The molecule has 5 rings (SSSR count). The molecule has 2 aromatic heterocycles. The maximum absolute atomic E-state index is 12.7. The number of benzene rings is 2. The first-order valence-electron chi connectivity index (χ1n) is 9.54. The highest BCUT2D eigenvalue weighted by Gasteiger charge is 2.27. The van der Waals surface area contributed by atoms with Crippen LogP contribution in [0.3, 0.4) is 0 Å². The van der Waals surface area contributed by atoms with E-state index in [-0.39, 0.29) is 11.9 Å². The first-order chi connectivity index (χ1) is 13.7. The van der Waals surface area contributed by atoms with Crippen molar-refractivity contribution in [2.24, 2.45) is 0 Å². The van der Waals surface area contributed by atoms with Gasteiger partial charge in [0.05, 0.1) is 16.6 Å². The summed E-state index contributed by atoms with van der Waals surface area (Å²) in [5.41, 5.74) is 3.51. The Morgan fingerprint density at radius 1 is 1.11 bits per heavy atom. The second-order valence-corrected chi connectivity index (χ2v) is 7.40. The van der Waals surface area contributed by atoms with E-state index in [1.54, 1.807) is 18.2 Å². The number of carbonyl (C=O) groups excluding carboxylic acids is 1. The summed E-state index contributed by atoms with van der Waals surface area (Å²) >= 11 is 0. The maximum Gasteiger partial charge on any atom is 0.417 e. The van der Waals surface area contributed by atoms with Gasteiger partial charge in [0.25, 0.3) is 5.91 Å². The van der Waals surface area contributed by atoms with Gasteiger partial charge >= 0.3 is 5.76 Å². The molecule has 7 nitrogen and oxygen atoms in total. The Kier molecular flexibility index (Phi) is 4.00. The van der Waals surface area contributed by atoms with E-state index in [0.717, 1.165) is 42.5 Å². The maximum atomic E-state index is 12.7. The van der Waals surface area contributed by atoms with Crippen molar-refractivity contribution in [3.63, 3.8) is 0 Å². The van der Waals surface area contributed by atoms with Crippen molar-refractivity contribution in [3.05, 3.63) is 64.4 Å². The molecule has 3 N–H and O–H groups in total. The van der Waals surface area contributed by atoms with Gasteiger partial charge in [-0.2, -0.15) is 0 Å². The summed E-state index contributed by atoms with van der Waals surface area (Å²) in [5, 5.41) is 3.14. The van der Waals surface area contributed by atoms with Crippen molar-refractivity contribution >= 4 is 28.0 Å². The van der Waals surface area contributed by atoms with Gasteiger partial charge in [-0.25, -0.2) is 9.78 Å². The summed E-state index contributed by atoms with van der Waals surface area (Å²) in [4.78, 5) is 34.7. The molecule has 1 saturated carbocycles. The smallest absolute Gasteiger partial charge is 0.408 e. The van der Waals surface area contributed by atoms with Crippen LogP contribution in [0.15, 0.2) is 51.7 Å². The predicted octanol–water partition coefficient (Wildman–Crippen LogP) is 3.45. The number of aromatic nitrogens is 3. The molecule has 0 aliphatic heterocycles. The summed E-state index contributed by atoms with van der Waals surface area (Å²) in [5.74, 6) is 0.643. The molecule has 7 heteroatoms. The number of hydrogen-bond donors (Lipinski definition) is 3. The van der Waals surface area contributed by atoms with Crippen LogP contribution in [0.1, 0.15) is 47.8 Å². The Labute approximate surface area is 160 Å². The molecule has 2 heterocycles. The van der Waals surface area contributed by atoms with Crippen LogP contribution >= 0.6 is 0 Å². The molecule has 1 aliphatic rings. The first-order valence-corrected chi connectivity index (χ1v) is 9.54. The molecule has 0 unspecified atom stereocenters. The van der Waals surface area contributed by atoms with Crippen LogP contribution in [-0.4, -0.2) is 26.9 Å². The third kappa shape index (κ3) is 3.09. The second-order valence-electron chi connectivity index (χ2n) is 7.40. The van der Waals surface area contributed by atoms with Crippen molar-refractivity contribution in [2.45, 2.75) is 37.6 Å². The van der Waals surface area contributed by atoms with Gasteiger partial charge in [-0.05, 0) is 49.6 Å². The van der Waals surface area contributed by atoms with E-state index in [1.165, 1.54) is 0 Å². The summed E-state index contributed by atoms with van der Waals surface area (Å²) in [7, 11) is 0. The predicted molar refractivity (Wildman–Crippen MR) is 105 cm³/mol. The van der Waals surface area contributed by atoms with Gasteiger partial charge in [0.2, 0.25) is 0 Å². The molecule has 1 aliphatic carbocycles. The molecule has 0 bridgehead atoms. The van der Waals surface area contributed by atoms with E-state index in [0.29, 0.717) is 22.6 Å². The fraction of sp³-hybridized carbons (Fsp3) is 0.286. The van der Waals surface area contributed by atoms with Crippen molar-refractivity contribution < 1.29 is 9.21 Å². The Morgan fingerprint density at radius 2 is 2.00 bits per heavy atom. The zero-order chi connectivity index (χ0) is 19.1. The van der Waals surface area contributed by atoms with E-state index >= 15 is 0 Å². The van der Waals surface area contributed by atoms with Crippen molar-refractivity contribution in [3.8, 4) is 0 Å². The van der Waals surface area contributed by atoms with Gasteiger partial charge < -0.3 is 14.7 Å². The lowest BCUT2D eigenvalue weighted by molar-refractivity contribution is 0.0925. The van der Waals surface area contributed by atoms with Crippen LogP contribution in [0, 0.1) is 0 Å². The van der Waals surface area contributed by atoms with Crippen LogP contribution in [0.25, 0.3) is 22.1 Å². The number of rotatable bonds is 3. The molecule has 1 fully saturated rings. The Morgan fingerprint density at radius 3 is 2.89 bits per heavy atom. The van der Waals surface area contributed by atoms with Gasteiger partial charge in [-0.15, -0.1) is 0 Å². The van der Waals surface area contributed by atoms with E-state index in [9.17, 15) is 9.59 Å². The highest BCUT2D eigenvalue weighted by molar-refractivity contribution is 5.97. The lowest BCUT2D eigenvalue weighted by atomic mass is 9.85. The fourth-order valence-electron chi connectivity index (χ4n) is 4.10. The van der Waals surface area contributed by atoms with E-state index in [1.807, 2.05) is 24.3 Å². The SMILES string of the molecule is O=C(N[C@@H]1CCC[C@H](c2nc3ccccc3[nH]2)C1)c1ccc2oc(=O)[nH]c2c1. The summed E-state index contributed by atoms with van der Waals surface area (Å²) in [6.07, 6.45) is 3.92. The third-order valence-corrected chi connectivity index (χ3v) is 5.48. The number of carbonyl (C=O) groups is 1. The second kappa shape index (κ2) is 6.67. The monoisotopic (exact) mass is 376 g/mol. The van der Waals surface area contributed by atoms with Crippen molar-refractivity contribution in [2.75, 3.05) is 0 Å². The van der Waals surface area contributed by atoms with Gasteiger partial charge in [0.1, 0.15) is 5.82 Å². The lowest BCUT2D eigenvalue weighted by Gasteiger charge is -2.28. The highest BCUT2D eigenvalue weighted by atomic mass is 16.4. The number of nitrogens with zero attached hydrogens (tertiary/aromatic N) is 1. The average Bonchev–Trinajstić information content (AvgIpc) is 3.29. The number of H-pyrrole nitrogens is 2. The topological polar surface area (TPSA) is 104 Å². The normalized spacial score (nSPS) is 19.9. The number of para-hydroxylation sites is 2. The minimum Gasteiger partial charge on any atom is -0.408 e. The quantitative estimate of drug-likeness (QED) is 0.509. The van der Waals surface area contributed by atoms with Crippen LogP contribution in [0.4, 0.5) is 0 Å². The third-order valence-electron chi connectivity index (χ3n) is 5.48. The molecule has 2 atom stereocenters. The molecule has 2 aromatic carbocycles. The van der Waals surface area contributed by atoms with Gasteiger partial charge in [0, 0.05) is 17.5 Å². The van der Waals surface area contributed by atoms with Crippen LogP contribution in [0.2, 0.25) is 0 Å². The number of imidazole rings is 1. The summed E-state index contributed by atoms with van der Waals surface area (Å²) < 4.78 is 4.99. The number of aromatic amines is 2. The Balaban J connectivity index is 1.31. The van der Waals surface area contributed by atoms with E-state index < -0.39 is 5.76 Å². The van der Waals surface area contributed by atoms with Gasteiger partial charge in [-0.3, -0.25) is 9.78 Å². The van der Waals surface area contributed by atoms with E-state index in [2.05, 4.69) is 15.3 Å². The Bertz CT molecular complexity index is 1190. The molecular weight excluding hydrogens is 356 g/mol. The number of nitrogens with one attached hydrogen (secondary N) is 3. The van der Waals surface area contributed by atoms with Crippen LogP contribution in [-0.2, 0) is 0 Å². The first kappa shape index (κ1) is 16.8. The molecule has 0 spiro atoms. The molecule has 4 aromatic rings. The number of fused-ring (bicyclic) bond motifs is 2. The largest absolute Gasteiger partial charge is 0.417 e. The molecular formula is C21H20N4O3. The van der Waals surface area contributed by atoms with Crippen LogP contribution in [0.5, 0.6) is 0 Å². The van der Waals surface area contributed by atoms with Crippen LogP contribution < -0.4 is 11.1 Å². The number of hydrogen-bond acceptors (Lipinski definition) is 4. The summed E-state index contributed by atoms with van der Waals surface area (Å²) in [6, 6.07) is 13.1. The molecule has 0 radical (unpaired) electrons. The van der Waals surface area contributed by atoms with Gasteiger partial charge in [0.15, 0.2) is 5.58 Å². The minimum absolute atomic E-state index is 0.0959. The zero-order valence-electron chi connectivity index (χ0n) is 15.2. The summed E-state index contributed by atoms with van der Waals surface area (Å²) in [6.45, 7) is 0. The highest BCUT2D eigenvalue weighted by Crippen LogP contribution is 2.32. The number of amides is 1. The fourth-order valence-corrected chi connectivity index (χ4v) is 4.10. The van der Waals surface area contributed by atoms with Crippen molar-refractivity contribution in [1.82, 2.24) is 20.3 Å². The lowest BCUT2D eigenvalue weighted by Crippen LogP contribution is -2.38. The van der Waals surface area contributed by atoms with E-state index in [4.69, 9.17) is 9.40 Å². The van der Waals surface area contributed by atoms with Crippen molar-refractivity contribution in [1.29, 1.82) is 0 Å². The number of oxazole rings is 1. The zero-order valence-corrected chi connectivity index (χ0v) is 15.2.